The Kier molecular flexibility index (Phi) is 7.66. The lowest BCUT2D eigenvalue weighted by Crippen LogP contribution is -2.39. The molecule has 0 unspecified atom stereocenters. The zero-order chi connectivity index (χ0) is 28.4. The first-order valence-corrected chi connectivity index (χ1v) is 13.8. The lowest BCUT2D eigenvalue weighted by molar-refractivity contribution is -0.139. The van der Waals surface area contributed by atoms with E-state index >= 15 is 0 Å². The maximum absolute atomic E-state index is 13.8. The normalized spacial score (nSPS) is 15.0. The van der Waals surface area contributed by atoms with Gasteiger partial charge in [-0.25, -0.2) is 14.6 Å². The molecule has 0 saturated carbocycles. The highest BCUT2D eigenvalue weighted by atomic mass is 32.1. The van der Waals surface area contributed by atoms with Gasteiger partial charge in [-0.05, 0) is 57.5 Å². The van der Waals surface area contributed by atoms with Crippen LogP contribution >= 0.6 is 11.3 Å². The molecule has 2 aromatic carbocycles. The Bertz CT molecular complexity index is 1810. The summed E-state index contributed by atoms with van der Waals surface area (Å²) in [6.07, 6.45) is 1.66. The number of allylic oxidation sites excluding steroid dienone is 1. The van der Waals surface area contributed by atoms with Crippen LogP contribution in [-0.4, -0.2) is 29.7 Å². The van der Waals surface area contributed by atoms with E-state index in [4.69, 9.17) is 13.9 Å². The molecule has 0 radical (unpaired) electrons. The largest absolute Gasteiger partial charge is 0.463 e. The minimum atomic E-state index is -0.671. The molecule has 40 heavy (non-hydrogen) atoms. The van der Waals surface area contributed by atoms with Crippen molar-refractivity contribution in [2.24, 2.45) is 4.99 Å². The number of benzene rings is 2. The zero-order valence-electron chi connectivity index (χ0n) is 22.6. The minimum Gasteiger partial charge on any atom is -0.463 e. The molecule has 0 saturated heterocycles. The molecule has 5 rings (SSSR count). The number of hydrogen-bond acceptors (Lipinski definition) is 8. The number of ether oxygens (including phenoxy) is 2. The summed E-state index contributed by atoms with van der Waals surface area (Å²) in [6, 6.07) is 17.6. The quantitative estimate of drug-likeness (QED) is 0.310. The molecule has 8 nitrogen and oxygen atoms in total. The fraction of sp³-hybridized carbons (Fsp3) is 0.226. The van der Waals surface area contributed by atoms with Crippen molar-refractivity contribution in [1.29, 1.82) is 0 Å². The molecule has 0 N–H and O–H groups in total. The van der Waals surface area contributed by atoms with Crippen molar-refractivity contribution in [1.82, 2.24) is 4.57 Å². The van der Waals surface area contributed by atoms with Crippen LogP contribution < -0.4 is 14.9 Å². The van der Waals surface area contributed by atoms with Gasteiger partial charge in [0.25, 0.3) is 5.56 Å². The van der Waals surface area contributed by atoms with Crippen LogP contribution in [0.15, 0.2) is 86.1 Å². The van der Waals surface area contributed by atoms with Gasteiger partial charge in [0, 0.05) is 11.6 Å². The predicted molar refractivity (Wildman–Crippen MR) is 152 cm³/mol. The van der Waals surface area contributed by atoms with Gasteiger partial charge in [0.1, 0.15) is 11.5 Å². The first-order valence-electron chi connectivity index (χ1n) is 12.9. The van der Waals surface area contributed by atoms with E-state index in [1.54, 1.807) is 61.7 Å². The molecule has 204 valence electrons. The molecule has 0 fully saturated rings. The SMILES string of the molecule is CCOC(=O)C1=C(C)N=c2s/c(=C\c3ccc(-c4cccc(C(=O)OCC)c4)o3)c(=O)n2[C@H]1c1ccc(C)cc1. The molecule has 9 heteroatoms. The Morgan fingerprint density at radius 1 is 1.00 bits per heavy atom. The van der Waals surface area contributed by atoms with Crippen molar-refractivity contribution >= 4 is 29.4 Å². The third-order valence-corrected chi connectivity index (χ3v) is 7.45. The molecule has 2 aromatic heterocycles. The third kappa shape index (κ3) is 5.20. The van der Waals surface area contributed by atoms with Crippen molar-refractivity contribution in [3.63, 3.8) is 0 Å². The van der Waals surface area contributed by atoms with Gasteiger partial charge in [0.2, 0.25) is 0 Å². The molecular formula is C31H28N2O6S. The van der Waals surface area contributed by atoms with E-state index in [0.717, 1.165) is 11.1 Å². The Morgan fingerprint density at radius 2 is 1.73 bits per heavy atom. The standard InChI is InChI=1S/C31H28N2O6S/c1-5-37-29(35)22-9-7-8-21(16-22)24-15-14-23(39-24)17-25-28(34)33-27(20-12-10-18(3)11-13-20)26(30(36)38-6-2)19(4)32-31(33)40-25/h7-17,27H,5-6H2,1-4H3/b25-17-/t27-/m0/s1. The molecule has 0 amide bonds. The molecule has 1 aliphatic heterocycles. The van der Waals surface area contributed by atoms with E-state index < -0.39 is 18.0 Å². The maximum atomic E-state index is 13.8. The number of hydrogen-bond donors (Lipinski definition) is 0. The first kappa shape index (κ1) is 27.1. The van der Waals surface area contributed by atoms with Crippen LogP contribution in [0.25, 0.3) is 17.4 Å². The van der Waals surface area contributed by atoms with Crippen molar-refractivity contribution in [3.8, 4) is 11.3 Å². The maximum Gasteiger partial charge on any atom is 0.338 e. The summed E-state index contributed by atoms with van der Waals surface area (Å²) in [7, 11) is 0. The highest BCUT2D eigenvalue weighted by Crippen LogP contribution is 2.31. The van der Waals surface area contributed by atoms with Crippen LogP contribution in [0.4, 0.5) is 0 Å². The number of nitrogens with zero attached hydrogens (tertiary/aromatic N) is 2. The second-order valence-corrected chi connectivity index (χ2v) is 10.2. The molecule has 0 aliphatic carbocycles. The smallest absolute Gasteiger partial charge is 0.338 e. The molecule has 1 atom stereocenters. The predicted octanol–water partition coefficient (Wildman–Crippen LogP) is 4.54. The lowest BCUT2D eigenvalue weighted by Gasteiger charge is -2.24. The average Bonchev–Trinajstić information content (AvgIpc) is 3.53. The van der Waals surface area contributed by atoms with Crippen molar-refractivity contribution < 1.29 is 23.5 Å². The van der Waals surface area contributed by atoms with Crippen molar-refractivity contribution in [3.05, 3.63) is 114 Å². The van der Waals surface area contributed by atoms with Crippen LogP contribution in [-0.2, 0) is 14.3 Å². The van der Waals surface area contributed by atoms with Gasteiger partial charge >= 0.3 is 11.9 Å². The summed E-state index contributed by atoms with van der Waals surface area (Å²) in [5.74, 6) is 0.111. The van der Waals surface area contributed by atoms with Crippen LogP contribution in [0.5, 0.6) is 0 Å². The minimum absolute atomic E-state index is 0.212. The van der Waals surface area contributed by atoms with Gasteiger partial charge in [0.15, 0.2) is 4.80 Å². The van der Waals surface area contributed by atoms with Gasteiger partial charge in [0.05, 0.1) is 40.6 Å². The van der Waals surface area contributed by atoms with E-state index in [9.17, 15) is 14.4 Å². The number of furan rings is 1. The number of aromatic nitrogens is 1. The van der Waals surface area contributed by atoms with Crippen LogP contribution in [0, 0.1) is 6.92 Å². The number of rotatable bonds is 7. The van der Waals surface area contributed by atoms with E-state index in [2.05, 4.69) is 4.99 Å². The van der Waals surface area contributed by atoms with E-state index in [0.29, 0.717) is 43.3 Å². The third-order valence-electron chi connectivity index (χ3n) is 6.47. The van der Waals surface area contributed by atoms with Crippen molar-refractivity contribution in [2.75, 3.05) is 13.2 Å². The molecule has 1 aliphatic rings. The van der Waals surface area contributed by atoms with Gasteiger partial charge < -0.3 is 13.9 Å². The molecule has 3 heterocycles. The fourth-order valence-electron chi connectivity index (χ4n) is 4.58. The first-order chi connectivity index (χ1) is 19.3. The summed E-state index contributed by atoms with van der Waals surface area (Å²) in [5.41, 5.74) is 3.56. The Hall–Kier alpha value is -4.50. The highest BCUT2D eigenvalue weighted by molar-refractivity contribution is 7.07. The number of aryl methyl sites for hydroxylation is 1. The number of fused-ring (bicyclic) bond motifs is 1. The number of esters is 2. The number of carbonyl (C=O) groups excluding carboxylic acids is 2. The van der Waals surface area contributed by atoms with E-state index in [1.165, 1.54) is 11.3 Å². The summed E-state index contributed by atoms with van der Waals surface area (Å²) < 4.78 is 18.4. The van der Waals surface area contributed by atoms with Crippen LogP contribution in [0.1, 0.15) is 54.1 Å². The van der Waals surface area contributed by atoms with E-state index in [-0.39, 0.29) is 18.8 Å². The Balaban J connectivity index is 1.57. The Morgan fingerprint density at radius 3 is 2.45 bits per heavy atom. The van der Waals surface area contributed by atoms with Gasteiger partial charge in [-0.15, -0.1) is 0 Å². The number of thiazole rings is 1. The lowest BCUT2D eigenvalue weighted by atomic mass is 9.95. The summed E-state index contributed by atoms with van der Waals surface area (Å²) >= 11 is 1.23. The second-order valence-electron chi connectivity index (χ2n) is 9.22. The highest BCUT2D eigenvalue weighted by Gasteiger charge is 2.33. The summed E-state index contributed by atoms with van der Waals surface area (Å²) in [5, 5.41) is 0. The van der Waals surface area contributed by atoms with Crippen LogP contribution in [0.2, 0.25) is 0 Å². The second kappa shape index (κ2) is 11.3. The van der Waals surface area contributed by atoms with E-state index in [1.807, 2.05) is 37.3 Å². The summed E-state index contributed by atoms with van der Waals surface area (Å²) in [6.45, 7) is 7.74. The molecule has 4 aromatic rings. The Labute approximate surface area is 234 Å². The monoisotopic (exact) mass is 556 g/mol. The average molecular weight is 557 g/mol. The van der Waals surface area contributed by atoms with Crippen LogP contribution in [0.3, 0.4) is 0 Å². The van der Waals surface area contributed by atoms with Crippen molar-refractivity contribution in [2.45, 2.75) is 33.7 Å². The van der Waals surface area contributed by atoms with Gasteiger partial charge in [-0.1, -0.05) is 53.3 Å². The molecule has 0 spiro atoms. The van der Waals surface area contributed by atoms with Gasteiger partial charge in [-0.3, -0.25) is 9.36 Å². The zero-order valence-corrected chi connectivity index (χ0v) is 23.4. The summed E-state index contributed by atoms with van der Waals surface area (Å²) in [4.78, 5) is 44.0. The number of carbonyl (C=O) groups is 2. The van der Waals surface area contributed by atoms with Gasteiger partial charge in [-0.2, -0.15) is 0 Å². The topological polar surface area (TPSA) is 100 Å². The fourth-order valence-corrected chi connectivity index (χ4v) is 5.61. The molecular weight excluding hydrogens is 528 g/mol. The molecule has 0 bridgehead atoms.